The van der Waals surface area contributed by atoms with Crippen molar-refractivity contribution in [3.8, 4) is 5.75 Å². The van der Waals surface area contributed by atoms with Crippen LogP contribution in [0.3, 0.4) is 0 Å². The number of ether oxygens (including phenoxy) is 1. The molecule has 0 aliphatic carbocycles. The van der Waals surface area contributed by atoms with Crippen molar-refractivity contribution in [1.29, 1.82) is 0 Å². The summed E-state index contributed by atoms with van der Waals surface area (Å²) in [5, 5.41) is 9.71. The molecule has 1 amide bonds. The van der Waals surface area contributed by atoms with E-state index in [-0.39, 0.29) is 17.2 Å². The molecule has 2 aliphatic heterocycles. The zero-order valence-corrected chi connectivity index (χ0v) is 17.3. The SMILES string of the molecule is CCCCNC(=O)c1c(C)oc2cc(OC3=CC(C)NC4C=CSC34)ccc12. The lowest BCUT2D eigenvalue weighted by atomic mass is 10.0. The Balaban J connectivity index is 1.56. The maximum atomic E-state index is 12.6. The average molecular weight is 399 g/mol. The number of hydrogen-bond donors (Lipinski definition) is 2. The van der Waals surface area contributed by atoms with Crippen molar-refractivity contribution in [3.63, 3.8) is 0 Å². The highest BCUT2D eigenvalue weighted by Gasteiger charge is 2.33. The van der Waals surface area contributed by atoms with Gasteiger partial charge in [0.15, 0.2) is 0 Å². The van der Waals surface area contributed by atoms with Gasteiger partial charge in [-0.15, -0.1) is 11.8 Å². The lowest BCUT2D eigenvalue weighted by Crippen LogP contribution is -2.45. The Morgan fingerprint density at radius 2 is 2.25 bits per heavy atom. The van der Waals surface area contributed by atoms with Gasteiger partial charge in [-0.1, -0.05) is 19.4 Å². The molecule has 0 saturated heterocycles. The summed E-state index contributed by atoms with van der Waals surface area (Å²) < 4.78 is 12.1. The third-order valence-corrected chi connectivity index (χ3v) is 6.24. The number of amides is 1. The summed E-state index contributed by atoms with van der Waals surface area (Å²) in [7, 11) is 0. The normalized spacial score (nSPS) is 23.5. The summed E-state index contributed by atoms with van der Waals surface area (Å²) in [6.45, 7) is 6.74. The molecule has 0 radical (unpaired) electrons. The van der Waals surface area contributed by atoms with Gasteiger partial charge >= 0.3 is 0 Å². The van der Waals surface area contributed by atoms with Gasteiger partial charge in [-0.2, -0.15) is 0 Å². The zero-order valence-electron chi connectivity index (χ0n) is 16.5. The summed E-state index contributed by atoms with van der Waals surface area (Å²) in [6.07, 6.45) is 6.33. The molecule has 3 heterocycles. The second-order valence-electron chi connectivity index (χ2n) is 7.34. The third-order valence-electron chi connectivity index (χ3n) is 5.10. The Hall–Kier alpha value is -2.18. The number of hydrogen-bond acceptors (Lipinski definition) is 5. The summed E-state index contributed by atoms with van der Waals surface area (Å²) in [6, 6.07) is 6.26. The minimum atomic E-state index is -0.0791. The quantitative estimate of drug-likeness (QED) is 0.701. The van der Waals surface area contributed by atoms with E-state index in [0.717, 1.165) is 29.7 Å². The maximum absolute atomic E-state index is 12.6. The smallest absolute Gasteiger partial charge is 0.255 e. The molecule has 2 aliphatic rings. The lowest BCUT2D eigenvalue weighted by Gasteiger charge is -2.30. The van der Waals surface area contributed by atoms with E-state index in [1.807, 2.05) is 25.1 Å². The highest BCUT2D eigenvalue weighted by molar-refractivity contribution is 8.03. The minimum absolute atomic E-state index is 0.0791. The molecule has 3 unspecified atom stereocenters. The molecule has 2 aromatic rings. The number of fused-ring (bicyclic) bond motifs is 2. The van der Waals surface area contributed by atoms with Crippen molar-refractivity contribution in [3.05, 3.63) is 52.8 Å². The Morgan fingerprint density at radius 3 is 3.07 bits per heavy atom. The van der Waals surface area contributed by atoms with E-state index in [4.69, 9.17) is 9.15 Å². The van der Waals surface area contributed by atoms with Gasteiger partial charge in [0.25, 0.3) is 5.91 Å². The lowest BCUT2D eigenvalue weighted by molar-refractivity contribution is 0.0953. The van der Waals surface area contributed by atoms with E-state index >= 15 is 0 Å². The number of nitrogens with one attached hydrogen (secondary N) is 2. The number of thioether (sulfide) groups is 1. The number of benzene rings is 1. The first-order valence-corrected chi connectivity index (χ1v) is 10.8. The van der Waals surface area contributed by atoms with Crippen LogP contribution in [0.25, 0.3) is 11.0 Å². The van der Waals surface area contributed by atoms with E-state index in [0.29, 0.717) is 29.5 Å². The van der Waals surface area contributed by atoms with Crippen LogP contribution in [-0.2, 0) is 0 Å². The molecule has 1 aromatic heterocycles. The van der Waals surface area contributed by atoms with Crippen LogP contribution in [0.4, 0.5) is 0 Å². The Labute approximate surface area is 169 Å². The van der Waals surface area contributed by atoms with E-state index in [1.165, 1.54) is 0 Å². The van der Waals surface area contributed by atoms with Gasteiger partial charge in [-0.25, -0.2) is 0 Å². The predicted octanol–water partition coefficient (Wildman–Crippen LogP) is 4.52. The fourth-order valence-corrected chi connectivity index (χ4v) is 4.75. The number of rotatable bonds is 6. The van der Waals surface area contributed by atoms with E-state index in [1.54, 1.807) is 11.8 Å². The molecule has 148 valence electrons. The molecular weight excluding hydrogens is 372 g/mol. The standard InChI is InChI=1S/C22H26N2O3S/c1-4-5-9-23-22(25)20-14(3)26-18-12-15(6-7-16(18)20)27-19-11-13(2)24-17-8-10-28-21(17)19/h6-8,10-13,17,21,24H,4-5,9H2,1-3H3,(H,23,25). The molecule has 0 saturated carbocycles. The van der Waals surface area contributed by atoms with Crippen molar-refractivity contribution in [2.75, 3.05) is 6.54 Å². The monoisotopic (exact) mass is 398 g/mol. The van der Waals surface area contributed by atoms with Crippen LogP contribution in [0.2, 0.25) is 0 Å². The summed E-state index contributed by atoms with van der Waals surface area (Å²) in [4.78, 5) is 12.6. The second-order valence-corrected chi connectivity index (χ2v) is 8.39. The largest absolute Gasteiger partial charge is 0.461 e. The molecule has 0 spiro atoms. The molecule has 6 heteroatoms. The van der Waals surface area contributed by atoms with Gasteiger partial charge in [-0.05, 0) is 43.9 Å². The molecule has 0 bridgehead atoms. The molecule has 4 rings (SSSR count). The highest BCUT2D eigenvalue weighted by atomic mass is 32.2. The maximum Gasteiger partial charge on any atom is 0.255 e. The van der Waals surface area contributed by atoms with Crippen molar-refractivity contribution in [1.82, 2.24) is 10.6 Å². The van der Waals surface area contributed by atoms with Gasteiger partial charge in [0.1, 0.15) is 22.9 Å². The van der Waals surface area contributed by atoms with Crippen molar-refractivity contribution >= 4 is 28.6 Å². The fourth-order valence-electron chi connectivity index (χ4n) is 3.72. The molecular formula is C22H26N2O3S. The fraction of sp³-hybridized carbons (Fsp3) is 0.409. The van der Waals surface area contributed by atoms with Gasteiger partial charge in [0.2, 0.25) is 0 Å². The van der Waals surface area contributed by atoms with Crippen LogP contribution in [0.5, 0.6) is 5.75 Å². The Morgan fingerprint density at radius 1 is 1.39 bits per heavy atom. The summed E-state index contributed by atoms with van der Waals surface area (Å²) in [5.74, 6) is 2.24. The van der Waals surface area contributed by atoms with Gasteiger partial charge in [-0.3, -0.25) is 4.79 Å². The van der Waals surface area contributed by atoms with E-state index < -0.39 is 0 Å². The number of carbonyl (C=O) groups excluding carboxylic acids is 1. The van der Waals surface area contributed by atoms with Gasteiger partial charge in [0.05, 0.1) is 10.8 Å². The van der Waals surface area contributed by atoms with Gasteiger partial charge < -0.3 is 19.8 Å². The van der Waals surface area contributed by atoms with Crippen LogP contribution in [0, 0.1) is 6.92 Å². The predicted molar refractivity (Wildman–Crippen MR) is 114 cm³/mol. The van der Waals surface area contributed by atoms with E-state index in [9.17, 15) is 4.79 Å². The molecule has 1 aromatic carbocycles. The van der Waals surface area contributed by atoms with E-state index in [2.05, 4.69) is 42.0 Å². The van der Waals surface area contributed by atoms with Crippen LogP contribution in [-0.4, -0.2) is 29.8 Å². The van der Waals surface area contributed by atoms with Crippen molar-refractivity contribution in [2.24, 2.45) is 0 Å². The second kappa shape index (κ2) is 8.05. The highest BCUT2D eigenvalue weighted by Crippen LogP contribution is 2.36. The number of furan rings is 1. The Kier molecular flexibility index (Phi) is 5.51. The number of aryl methyl sites for hydroxylation is 1. The average Bonchev–Trinajstić information content (AvgIpc) is 3.24. The molecule has 2 N–H and O–H groups in total. The van der Waals surface area contributed by atoms with Crippen molar-refractivity contribution < 1.29 is 13.9 Å². The topological polar surface area (TPSA) is 63.5 Å². The first kappa shape index (κ1) is 19.2. The van der Waals surface area contributed by atoms with Crippen LogP contribution in [0.1, 0.15) is 42.8 Å². The molecule has 0 fully saturated rings. The van der Waals surface area contributed by atoms with Gasteiger partial charge in [0, 0.05) is 30.1 Å². The Bertz CT molecular complexity index is 947. The molecule has 5 nitrogen and oxygen atoms in total. The van der Waals surface area contributed by atoms with Crippen LogP contribution in [0.15, 0.2) is 45.9 Å². The van der Waals surface area contributed by atoms with Crippen molar-refractivity contribution in [2.45, 2.75) is 50.9 Å². The third kappa shape index (κ3) is 3.71. The molecule has 3 atom stereocenters. The summed E-state index contributed by atoms with van der Waals surface area (Å²) in [5.41, 5.74) is 1.29. The number of unbranched alkanes of at least 4 members (excludes halogenated alkanes) is 1. The first-order chi connectivity index (χ1) is 13.6. The minimum Gasteiger partial charge on any atom is -0.461 e. The van der Waals surface area contributed by atoms with Crippen LogP contribution >= 0.6 is 11.8 Å². The molecule has 28 heavy (non-hydrogen) atoms. The first-order valence-electron chi connectivity index (χ1n) is 9.86. The number of carbonyl (C=O) groups is 1. The zero-order chi connectivity index (χ0) is 19.7. The van der Waals surface area contributed by atoms with Crippen LogP contribution < -0.4 is 15.4 Å². The summed E-state index contributed by atoms with van der Waals surface area (Å²) >= 11 is 1.77.